The summed E-state index contributed by atoms with van der Waals surface area (Å²) in [5, 5.41) is 3.85. The number of aromatic nitrogens is 2. The van der Waals surface area contributed by atoms with E-state index in [1.807, 2.05) is 6.92 Å². The van der Waals surface area contributed by atoms with Gasteiger partial charge in [-0.05, 0) is 58.5 Å². The van der Waals surface area contributed by atoms with Crippen LogP contribution in [0.1, 0.15) is 42.8 Å². The molecular weight excluding hydrogens is 288 g/mol. The molecule has 1 N–H and O–H groups in total. The Morgan fingerprint density at radius 2 is 2.00 bits per heavy atom. The Balaban J connectivity index is 1.42. The number of hydrogen-bond acceptors (Lipinski definition) is 5. The summed E-state index contributed by atoms with van der Waals surface area (Å²) in [4.78, 5) is 12.1. The highest BCUT2D eigenvalue weighted by Crippen LogP contribution is 2.44. The van der Waals surface area contributed by atoms with Crippen molar-refractivity contribution in [3.63, 3.8) is 0 Å². The van der Waals surface area contributed by atoms with E-state index < -0.39 is 0 Å². The molecule has 1 saturated carbocycles. The molecule has 2 aliphatic carbocycles. The lowest BCUT2D eigenvalue weighted by Gasteiger charge is -2.52. The Labute approximate surface area is 137 Å². The summed E-state index contributed by atoms with van der Waals surface area (Å²) in [6.07, 6.45) is 7.77. The summed E-state index contributed by atoms with van der Waals surface area (Å²) in [7, 11) is 0. The van der Waals surface area contributed by atoms with Gasteiger partial charge in [0.05, 0.1) is 18.2 Å². The molecule has 0 unspecified atom stereocenters. The van der Waals surface area contributed by atoms with E-state index in [4.69, 9.17) is 9.72 Å². The zero-order chi connectivity index (χ0) is 15.4. The average Bonchev–Trinajstić information content (AvgIpc) is 3.25. The van der Waals surface area contributed by atoms with Crippen LogP contribution in [0.15, 0.2) is 0 Å². The predicted octanol–water partition coefficient (Wildman–Crippen LogP) is 1.94. The minimum absolute atomic E-state index is 0.446. The molecule has 5 heteroatoms. The van der Waals surface area contributed by atoms with Crippen molar-refractivity contribution in [2.24, 2.45) is 5.92 Å². The summed E-state index contributed by atoms with van der Waals surface area (Å²) < 4.78 is 6.05. The second kappa shape index (κ2) is 5.42. The molecule has 0 aromatic carbocycles. The van der Waals surface area contributed by atoms with Crippen LogP contribution in [0.4, 0.5) is 5.82 Å². The molecule has 0 spiro atoms. The quantitative estimate of drug-likeness (QED) is 0.924. The van der Waals surface area contributed by atoms with Crippen molar-refractivity contribution in [3.05, 3.63) is 17.1 Å². The third-order valence-electron chi connectivity index (χ3n) is 6.26. The number of fused-ring (bicyclic) bond motifs is 2. The molecule has 3 heterocycles. The first-order valence-electron chi connectivity index (χ1n) is 9.30. The first-order chi connectivity index (χ1) is 11.3. The van der Waals surface area contributed by atoms with Crippen molar-refractivity contribution in [2.75, 3.05) is 25.0 Å². The van der Waals surface area contributed by atoms with Gasteiger partial charge < -0.3 is 10.1 Å². The van der Waals surface area contributed by atoms with E-state index in [0.29, 0.717) is 24.1 Å². The van der Waals surface area contributed by atoms with Gasteiger partial charge in [-0.1, -0.05) is 0 Å². The Morgan fingerprint density at radius 1 is 1.13 bits per heavy atom. The summed E-state index contributed by atoms with van der Waals surface area (Å²) in [5.74, 6) is 2.68. The maximum atomic E-state index is 6.05. The van der Waals surface area contributed by atoms with Crippen LogP contribution in [0.5, 0.6) is 0 Å². The zero-order valence-corrected chi connectivity index (χ0v) is 13.9. The lowest BCUT2D eigenvalue weighted by molar-refractivity contribution is -0.0604. The van der Waals surface area contributed by atoms with Crippen molar-refractivity contribution in [1.82, 2.24) is 14.9 Å². The maximum absolute atomic E-state index is 6.05. The van der Waals surface area contributed by atoms with Gasteiger partial charge in [-0.2, -0.15) is 0 Å². The molecule has 2 aliphatic heterocycles. The van der Waals surface area contributed by atoms with Crippen molar-refractivity contribution < 1.29 is 4.74 Å². The molecule has 23 heavy (non-hydrogen) atoms. The molecule has 124 valence electrons. The second-order valence-electron chi connectivity index (χ2n) is 7.59. The van der Waals surface area contributed by atoms with Gasteiger partial charge in [0.25, 0.3) is 0 Å². The summed E-state index contributed by atoms with van der Waals surface area (Å²) in [6, 6.07) is 1.04. The average molecular weight is 314 g/mol. The SMILES string of the molecule is Cc1nc2c(c(N[C@@H]3[C@@H]4CCO[C@@H]4[C@H]3N3CCCC3)n1)CCC2. The number of rotatable bonds is 3. The minimum Gasteiger partial charge on any atom is -0.376 e. The highest BCUT2D eigenvalue weighted by Gasteiger charge is 2.56. The second-order valence-corrected chi connectivity index (χ2v) is 7.59. The fourth-order valence-corrected chi connectivity index (χ4v) is 5.18. The number of nitrogens with zero attached hydrogens (tertiary/aromatic N) is 3. The maximum Gasteiger partial charge on any atom is 0.133 e. The van der Waals surface area contributed by atoms with E-state index in [2.05, 4.69) is 15.2 Å². The number of likely N-dealkylation sites (tertiary alicyclic amines) is 1. The van der Waals surface area contributed by atoms with E-state index in [-0.39, 0.29) is 0 Å². The van der Waals surface area contributed by atoms with Gasteiger partial charge >= 0.3 is 0 Å². The number of nitrogens with one attached hydrogen (secondary N) is 1. The van der Waals surface area contributed by atoms with Crippen LogP contribution < -0.4 is 5.32 Å². The molecule has 3 fully saturated rings. The normalized spacial score (nSPS) is 35.9. The third kappa shape index (κ3) is 2.20. The highest BCUT2D eigenvalue weighted by atomic mass is 16.5. The molecule has 2 saturated heterocycles. The van der Waals surface area contributed by atoms with Crippen LogP contribution >= 0.6 is 0 Å². The molecule has 0 bridgehead atoms. The van der Waals surface area contributed by atoms with Gasteiger partial charge in [-0.15, -0.1) is 0 Å². The molecule has 5 nitrogen and oxygen atoms in total. The smallest absolute Gasteiger partial charge is 0.133 e. The van der Waals surface area contributed by atoms with Crippen molar-refractivity contribution in [1.29, 1.82) is 0 Å². The standard InChI is InChI=1S/C18H26N4O/c1-11-19-14-6-4-5-12(14)18(20-11)21-15-13-7-10-23-17(13)16(15)22-8-2-3-9-22/h13,15-17H,2-10H2,1H3,(H,19,20,21)/t13-,15+,16-,17-/m0/s1. The van der Waals surface area contributed by atoms with Gasteiger partial charge in [0.1, 0.15) is 11.6 Å². The zero-order valence-electron chi connectivity index (χ0n) is 13.9. The Kier molecular flexibility index (Phi) is 3.34. The van der Waals surface area contributed by atoms with Crippen LogP contribution in [-0.4, -0.2) is 52.8 Å². The lowest BCUT2D eigenvalue weighted by Crippen LogP contribution is -2.67. The van der Waals surface area contributed by atoms with E-state index in [1.165, 1.54) is 50.0 Å². The number of hydrogen-bond donors (Lipinski definition) is 1. The first-order valence-corrected chi connectivity index (χ1v) is 9.30. The van der Waals surface area contributed by atoms with Crippen LogP contribution in [0, 0.1) is 12.8 Å². The Hall–Kier alpha value is -1.20. The summed E-state index contributed by atoms with van der Waals surface area (Å²) >= 11 is 0. The van der Waals surface area contributed by atoms with Gasteiger partial charge in [0, 0.05) is 23.8 Å². The topological polar surface area (TPSA) is 50.3 Å². The fourth-order valence-electron chi connectivity index (χ4n) is 5.18. The number of anilines is 1. The van der Waals surface area contributed by atoms with Gasteiger partial charge in [-0.25, -0.2) is 9.97 Å². The fraction of sp³-hybridized carbons (Fsp3) is 0.778. The van der Waals surface area contributed by atoms with Crippen LogP contribution in [-0.2, 0) is 17.6 Å². The first kappa shape index (κ1) is 14.2. The van der Waals surface area contributed by atoms with Gasteiger partial charge in [0.2, 0.25) is 0 Å². The molecule has 0 radical (unpaired) electrons. The van der Waals surface area contributed by atoms with Crippen LogP contribution in [0.2, 0.25) is 0 Å². The predicted molar refractivity (Wildman–Crippen MR) is 88.6 cm³/mol. The largest absolute Gasteiger partial charge is 0.376 e. The highest BCUT2D eigenvalue weighted by molar-refractivity contribution is 5.50. The van der Waals surface area contributed by atoms with Gasteiger partial charge in [0.15, 0.2) is 0 Å². The molecule has 4 aliphatic rings. The van der Waals surface area contributed by atoms with E-state index in [0.717, 1.165) is 31.1 Å². The summed E-state index contributed by atoms with van der Waals surface area (Å²) in [5.41, 5.74) is 2.65. The van der Waals surface area contributed by atoms with Crippen molar-refractivity contribution in [3.8, 4) is 0 Å². The van der Waals surface area contributed by atoms with E-state index in [9.17, 15) is 0 Å². The monoisotopic (exact) mass is 314 g/mol. The molecular formula is C18H26N4O. The van der Waals surface area contributed by atoms with Crippen LogP contribution in [0.25, 0.3) is 0 Å². The minimum atomic E-state index is 0.446. The molecule has 0 amide bonds. The molecule has 1 aromatic rings. The van der Waals surface area contributed by atoms with Crippen molar-refractivity contribution in [2.45, 2.75) is 63.6 Å². The van der Waals surface area contributed by atoms with Crippen LogP contribution in [0.3, 0.4) is 0 Å². The van der Waals surface area contributed by atoms with E-state index in [1.54, 1.807) is 0 Å². The van der Waals surface area contributed by atoms with Gasteiger partial charge in [-0.3, -0.25) is 4.90 Å². The Bertz CT molecular complexity index is 609. The molecule has 1 aromatic heterocycles. The molecule has 4 atom stereocenters. The third-order valence-corrected chi connectivity index (χ3v) is 6.26. The number of ether oxygens (including phenoxy) is 1. The van der Waals surface area contributed by atoms with Crippen molar-refractivity contribution >= 4 is 5.82 Å². The summed E-state index contributed by atoms with van der Waals surface area (Å²) in [6.45, 7) is 5.41. The van der Waals surface area contributed by atoms with E-state index >= 15 is 0 Å². The Morgan fingerprint density at radius 3 is 2.87 bits per heavy atom. The number of aryl methyl sites for hydroxylation is 2. The molecule has 5 rings (SSSR count). The lowest BCUT2D eigenvalue weighted by atomic mass is 9.70.